The molecule has 0 spiro atoms. The van der Waals surface area contributed by atoms with Crippen molar-refractivity contribution < 1.29 is 4.79 Å². The Hall–Kier alpha value is -2.36. The van der Waals surface area contributed by atoms with Crippen LogP contribution in [0.2, 0.25) is 0 Å². The van der Waals surface area contributed by atoms with Crippen LogP contribution in [0.1, 0.15) is 21.5 Å². The zero-order valence-corrected chi connectivity index (χ0v) is 11.1. The molecule has 0 unspecified atom stereocenters. The van der Waals surface area contributed by atoms with Crippen LogP contribution in [0, 0.1) is 6.92 Å². The number of nitrogens with zero attached hydrogens (tertiary/aromatic N) is 1. The van der Waals surface area contributed by atoms with Crippen molar-refractivity contribution in [2.24, 2.45) is 0 Å². The van der Waals surface area contributed by atoms with Crippen LogP contribution in [0.5, 0.6) is 0 Å². The summed E-state index contributed by atoms with van der Waals surface area (Å²) in [6.07, 6.45) is 1.66. The molecule has 2 N–H and O–H groups in total. The van der Waals surface area contributed by atoms with Crippen molar-refractivity contribution in [1.29, 1.82) is 0 Å². The van der Waals surface area contributed by atoms with E-state index in [9.17, 15) is 4.79 Å². The predicted molar refractivity (Wildman–Crippen MR) is 76.1 cm³/mol. The maximum absolute atomic E-state index is 12.1. The quantitative estimate of drug-likeness (QED) is 0.881. The van der Waals surface area contributed by atoms with Gasteiger partial charge in [-0.25, -0.2) is 4.98 Å². The molecule has 19 heavy (non-hydrogen) atoms. The van der Waals surface area contributed by atoms with E-state index in [1.54, 1.807) is 25.4 Å². The van der Waals surface area contributed by atoms with Gasteiger partial charge in [0.1, 0.15) is 5.82 Å². The summed E-state index contributed by atoms with van der Waals surface area (Å²) in [6, 6.07) is 11.6. The summed E-state index contributed by atoms with van der Waals surface area (Å²) in [6.45, 7) is 2.55. The van der Waals surface area contributed by atoms with Gasteiger partial charge in [0.25, 0.3) is 5.91 Å². The Morgan fingerprint density at radius 1 is 1.21 bits per heavy atom. The number of hydrogen-bond acceptors (Lipinski definition) is 3. The van der Waals surface area contributed by atoms with Crippen molar-refractivity contribution >= 4 is 11.7 Å². The normalized spacial score (nSPS) is 10.0. The minimum absolute atomic E-state index is 0.127. The van der Waals surface area contributed by atoms with Crippen LogP contribution in [0.3, 0.4) is 0 Å². The van der Waals surface area contributed by atoms with Crippen LogP contribution in [0.4, 0.5) is 5.82 Å². The molecule has 4 heteroatoms. The number of aromatic nitrogens is 1. The molecule has 0 bridgehead atoms. The lowest BCUT2D eigenvalue weighted by Gasteiger charge is -2.09. The van der Waals surface area contributed by atoms with E-state index in [0.29, 0.717) is 17.9 Å². The first-order valence-electron chi connectivity index (χ1n) is 6.17. The summed E-state index contributed by atoms with van der Waals surface area (Å²) in [5.41, 5.74) is 2.84. The molecule has 2 aromatic rings. The lowest BCUT2D eigenvalue weighted by atomic mass is 10.1. The molecule has 0 atom stereocenters. The largest absolute Gasteiger partial charge is 0.372 e. The fraction of sp³-hybridized carbons (Fsp3) is 0.200. The standard InChI is InChI=1S/C15H17N3O/c1-11-5-7-12(8-6-11)10-18-15(19)13-4-3-9-17-14(13)16-2/h3-9H,10H2,1-2H3,(H,16,17)(H,18,19). The Balaban J connectivity index is 2.03. The predicted octanol–water partition coefficient (Wildman–Crippen LogP) is 2.36. The second-order valence-corrected chi connectivity index (χ2v) is 4.32. The molecule has 0 saturated heterocycles. The first-order chi connectivity index (χ1) is 9.20. The van der Waals surface area contributed by atoms with Gasteiger partial charge in [-0.3, -0.25) is 4.79 Å². The molecule has 0 aliphatic carbocycles. The highest BCUT2D eigenvalue weighted by atomic mass is 16.1. The molecule has 0 fully saturated rings. The molecule has 0 aliphatic rings. The van der Waals surface area contributed by atoms with E-state index < -0.39 is 0 Å². The number of aryl methyl sites for hydroxylation is 1. The number of carbonyl (C=O) groups excluding carboxylic acids is 1. The molecule has 1 amide bonds. The Kier molecular flexibility index (Phi) is 4.13. The van der Waals surface area contributed by atoms with Crippen molar-refractivity contribution in [2.75, 3.05) is 12.4 Å². The molecule has 1 aromatic heterocycles. The van der Waals surface area contributed by atoms with Crippen molar-refractivity contribution in [3.8, 4) is 0 Å². The van der Waals surface area contributed by atoms with Crippen LogP contribution < -0.4 is 10.6 Å². The summed E-state index contributed by atoms with van der Waals surface area (Å²) in [4.78, 5) is 16.2. The van der Waals surface area contributed by atoms with E-state index in [-0.39, 0.29) is 5.91 Å². The Labute approximate surface area is 112 Å². The van der Waals surface area contributed by atoms with E-state index in [2.05, 4.69) is 15.6 Å². The van der Waals surface area contributed by atoms with Crippen molar-refractivity contribution in [3.63, 3.8) is 0 Å². The van der Waals surface area contributed by atoms with Gasteiger partial charge in [-0.1, -0.05) is 29.8 Å². The maximum Gasteiger partial charge on any atom is 0.255 e. The molecule has 2 rings (SSSR count). The average Bonchev–Trinajstić information content (AvgIpc) is 2.46. The van der Waals surface area contributed by atoms with Gasteiger partial charge in [0.15, 0.2) is 0 Å². The van der Waals surface area contributed by atoms with Gasteiger partial charge in [0.2, 0.25) is 0 Å². The number of carbonyl (C=O) groups is 1. The number of hydrogen-bond donors (Lipinski definition) is 2. The van der Waals surface area contributed by atoms with Crippen LogP contribution in [-0.2, 0) is 6.54 Å². The summed E-state index contributed by atoms with van der Waals surface area (Å²) < 4.78 is 0. The molecule has 1 aromatic carbocycles. The Morgan fingerprint density at radius 3 is 2.63 bits per heavy atom. The third-order valence-corrected chi connectivity index (χ3v) is 2.86. The summed E-state index contributed by atoms with van der Waals surface area (Å²) in [5.74, 6) is 0.460. The molecular weight excluding hydrogens is 238 g/mol. The van der Waals surface area contributed by atoms with Gasteiger partial charge in [-0.2, -0.15) is 0 Å². The minimum atomic E-state index is -0.127. The highest BCUT2D eigenvalue weighted by Crippen LogP contribution is 2.10. The van der Waals surface area contributed by atoms with Gasteiger partial charge in [0.05, 0.1) is 5.56 Å². The van der Waals surface area contributed by atoms with E-state index in [4.69, 9.17) is 0 Å². The third-order valence-electron chi connectivity index (χ3n) is 2.86. The summed E-state index contributed by atoms with van der Waals surface area (Å²) in [5, 5.41) is 5.80. The number of benzene rings is 1. The first-order valence-corrected chi connectivity index (χ1v) is 6.17. The topological polar surface area (TPSA) is 54.0 Å². The fourth-order valence-corrected chi connectivity index (χ4v) is 1.77. The Bertz CT molecular complexity index is 564. The zero-order chi connectivity index (χ0) is 13.7. The number of anilines is 1. The maximum atomic E-state index is 12.1. The van der Waals surface area contributed by atoms with Crippen molar-refractivity contribution in [2.45, 2.75) is 13.5 Å². The smallest absolute Gasteiger partial charge is 0.255 e. The molecule has 98 valence electrons. The molecule has 0 aliphatic heterocycles. The van der Waals surface area contributed by atoms with Gasteiger partial charge in [-0.15, -0.1) is 0 Å². The summed E-state index contributed by atoms with van der Waals surface area (Å²) in [7, 11) is 1.75. The lowest BCUT2D eigenvalue weighted by Crippen LogP contribution is -2.24. The lowest BCUT2D eigenvalue weighted by molar-refractivity contribution is 0.0951. The van der Waals surface area contributed by atoms with Gasteiger partial charge in [0, 0.05) is 19.8 Å². The molecule has 0 radical (unpaired) electrons. The second kappa shape index (κ2) is 6.00. The first kappa shape index (κ1) is 13.1. The van der Waals surface area contributed by atoms with Crippen LogP contribution in [0.15, 0.2) is 42.6 Å². The van der Waals surface area contributed by atoms with Gasteiger partial charge >= 0.3 is 0 Å². The molecule has 4 nitrogen and oxygen atoms in total. The minimum Gasteiger partial charge on any atom is -0.372 e. The van der Waals surface area contributed by atoms with Crippen molar-refractivity contribution in [1.82, 2.24) is 10.3 Å². The van der Waals surface area contributed by atoms with E-state index in [0.717, 1.165) is 5.56 Å². The molecule has 0 saturated carbocycles. The molecule has 1 heterocycles. The van der Waals surface area contributed by atoms with E-state index >= 15 is 0 Å². The number of nitrogens with one attached hydrogen (secondary N) is 2. The fourth-order valence-electron chi connectivity index (χ4n) is 1.77. The number of pyridine rings is 1. The van der Waals surface area contributed by atoms with Crippen LogP contribution in [0.25, 0.3) is 0 Å². The van der Waals surface area contributed by atoms with Crippen LogP contribution in [-0.4, -0.2) is 17.9 Å². The number of rotatable bonds is 4. The monoisotopic (exact) mass is 255 g/mol. The second-order valence-electron chi connectivity index (χ2n) is 4.32. The Morgan fingerprint density at radius 2 is 1.95 bits per heavy atom. The average molecular weight is 255 g/mol. The summed E-state index contributed by atoms with van der Waals surface area (Å²) >= 11 is 0. The van der Waals surface area contributed by atoms with Crippen LogP contribution >= 0.6 is 0 Å². The van der Waals surface area contributed by atoms with E-state index in [1.165, 1.54) is 5.56 Å². The number of amides is 1. The highest BCUT2D eigenvalue weighted by molar-refractivity contribution is 5.98. The van der Waals surface area contributed by atoms with Gasteiger partial charge < -0.3 is 10.6 Å². The third kappa shape index (κ3) is 3.31. The molecular formula is C15H17N3O. The van der Waals surface area contributed by atoms with E-state index in [1.807, 2.05) is 31.2 Å². The van der Waals surface area contributed by atoms with Gasteiger partial charge in [-0.05, 0) is 24.6 Å². The zero-order valence-electron chi connectivity index (χ0n) is 11.1. The SMILES string of the molecule is CNc1ncccc1C(=O)NCc1ccc(C)cc1. The highest BCUT2D eigenvalue weighted by Gasteiger charge is 2.10. The van der Waals surface area contributed by atoms with Crippen molar-refractivity contribution in [3.05, 3.63) is 59.3 Å².